The number of aryl methyl sites for hydroxylation is 2. The summed E-state index contributed by atoms with van der Waals surface area (Å²) in [7, 11) is -4.27. The average Bonchev–Trinajstić information content (AvgIpc) is 3.03. The molecule has 0 spiro atoms. The van der Waals surface area contributed by atoms with Gasteiger partial charge in [-0.1, -0.05) is 0 Å². The summed E-state index contributed by atoms with van der Waals surface area (Å²) < 4.78 is 22.2. The van der Waals surface area contributed by atoms with E-state index in [0.717, 1.165) is 11.1 Å². The Morgan fingerprint density at radius 2 is 1.97 bits per heavy atom. The van der Waals surface area contributed by atoms with Crippen LogP contribution in [0.25, 0.3) is 22.6 Å². The maximum Gasteiger partial charge on any atom is 0.472 e. The molecule has 3 aliphatic heterocycles. The van der Waals surface area contributed by atoms with E-state index in [1.54, 1.807) is 12.1 Å². The van der Waals surface area contributed by atoms with Crippen molar-refractivity contribution in [2.45, 2.75) is 38.7 Å². The normalized spacial score (nSPS) is 23.8. The second-order valence-electron chi connectivity index (χ2n) is 7.16. The van der Waals surface area contributed by atoms with Crippen molar-refractivity contribution in [3.63, 3.8) is 0 Å². The lowest BCUT2D eigenvalue weighted by molar-refractivity contribution is -0.0491. The summed E-state index contributed by atoms with van der Waals surface area (Å²) in [5.41, 5.74) is 1.00. The van der Waals surface area contributed by atoms with Gasteiger partial charge in [0.1, 0.15) is 18.3 Å². The number of benzene rings is 1. The number of aromatic amines is 1. The second kappa shape index (κ2) is 7.34. The minimum atomic E-state index is -4.27. The molecule has 0 aromatic heterocycles. The molecule has 13 heteroatoms. The number of nitrogens with zero attached hydrogens (tertiary/aromatic N) is 3. The summed E-state index contributed by atoms with van der Waals surface area (Å²) >= 11 is 0. The first-order chi connectivity index (χ1) is 14.1. The van der Waals surface area contributed by atoms with Gasteiger partial charge in [-0.05, 0) is 37.1 Å². The van der Waals surface area contributed by atoms with Crippen LogP contribution < -0.4 is 11.2 Å². The summed E-state index contributed by atoms with van der Waals surface area (Å²) in [6.45, 7) is 3.05. The van der Waals surface area contributed by atoms with E-state index in [9.17, 15) is 29.3 Å². The predicted octanol–water partition coefficient (Wildman–Crippen LogP) is -0.561. The summed E-state index contributed by atoms with van der Waals surface area (Å²) in [6.07, 6.45) is -4.32. The number of rotatable bonds is 4. The number of H-pyrrole nitrogens is 1. The zero-order valence-corrected chi connectivity index (χ0v) is 16.9. The Hall–Kier alpha value is -2.47. The Balaban J connectivity index is 1.83. The highest BCUT2D eigenvalue weighted by Crippen LogP contribution is 2.50. The fraction of sp³-hybridized carbons (Fsp3) is 0.412. The highest BCUT2D eigenvalue weighted by Gasteiger charge is 2.41. The van der Waals surface area contributed by atoms with E-state index < -0.39 is 37.4 Å². The smallest absolute Gasteiger partial charge is 0.388 e. The van der Waals surface area contributed by atoms with Gasteiger partial charge in [0.2, 0.25) is 0 Å². The summed E-state index contributed by atoms with van der Waals surface area (Å²) in [5, 5.41) is 21.0. The van der Waals surface area contributed by atoms with Crippen molar-refractivity contribution in [2.24, 2.45) is 0 Å². The fourth-order valence-electron chi connectivity index (χ4n) is 3.34. The molecule has 4 N–H and O–H groups in total. The van der Waals surface area contributed by atoms with Crippen LogP contribution in [-0.2, 0) is 20.2 Å². The molecule has 0 bridgehead atoms. The van der Waals surface area contributed by atoms with Gasteiger partial charge in [-0.25, -0.2) is 14.3 Å². The van der Waals surface area contributed by atoms with Gasteiger partial charge in [-0.15, -0.1) is 0 Å². The molecule has 12 nitrogen and oxygen atoms in total. The minimum Gasteiger partial charge on any atom is -0.388 e. The average molecular weight is 438 g/mol. The molecule has 4 rings (SSSR count). The number of phosphoric acid groups is 1. The SMILES string of the molecule is Cc1cc2nc3c(=O)[nH]c(=O)nc-3n(C[C@H](O)[C@H](O)[C@H]3COP(=O)(O)O3)c2cc1C. The van der Waals surface area contributed by atoms with Crippen LogP contribution in [0.1, 0.15) is 11.1 Å². The van der Waals surface area contributed by atoms with Gasteiger partial charge in [0, 0.05) is 0 Å². The molecule has 1 unspecified atom stereocenters. The molecule has 3 heterocycles. The van der Waals surface area contributed by atoms with Gasteiger partial charge in [0.15, 0.2) is 11.5 Å². The molecule has 1 fully saturated rings. The highest BCUT2D eigenvalue weighted by molar-refractivity contribution is 7.47. The zero-order valence-electron chi connectivity index (χ0n) is 16.0. The third kappa shape index (κ3) is 3.69. The molecule has 0 saturated carbocycles. The number of fused-ring (bicyclic) bond motifs is 2. The Morgan fingerprint density at radius 1 is 1.27 bits per heavy atom. The van der Waals surface area contributed by atoms with Gasteiger partial charge in [-0.2, -0.15) is 4.98 Å². The van der Waals surface area contributed by atoms with Crippen LogP contribution in [-0.4, -0.2) is 59.5 Å². The quantitative estimate of drug-likeness (QED) is 0.305. The number of nitrogens with one attached hydrogen (secondary N) is 1. The zero-order chi connectivity index (χ0) is 21.8. The van der Waals surface area contributed by atoms with Crippen molar-refractivity contribution in [3.8, 4) is 11.5 Å². The van der Waals surface area contributed by atoms with Crippen molar-refractivity contribution in [1.82, 2.24) is 19.5 Å². The van der Waals surface area contributed by atoms with Crippen LogP contribution in [0, 0.1) is 13.8 Å². The third-order valence-electron chi connectivity index (χ3n) is 5.04. The first-order valence-electron chi connectivity index (χ1n) is 8.99. The topological polar surface area (TPSA) is 177 Å². The lowest BCUT2D eigenvalue weighted by atomic mass is 10.1. The van der Waals surface area contributed by atoms with Gasteiger partial charge < -0.3 is 19.7 Å². The molecule has 0 aliphatic carbocycles. The van der Waals surface area contributed by atoms with Crippen LogP contribution in [0.15, 0.2) is 21.7 Å². The van der Waals surface area contributed by atoms with Gasteiger partial charge in [-0.3, -0.25) is 18.8 Å². The molecule has 3 aliphatic rings. The van der Waals surface area contributed by atoms with E-state index >= 15 is 0 Å². The Morgan fingerprint density at radius 3 is 2.63 bits per heavy atom. The van der Waals surface area contributed by atoms with Gasteiger partial charge >= 0.3 is 13.5 Å². The van der Waals surface area contributed by atoms with E-state index in [1.807, 2.05) is 13.8 Å². The standard InChI is InChI=1S/C17H19N4O8P/c1-7-3-9-10(4-8(7)2)21(15-13(18-9)16(24)20-17(25)19-15)5-11(22)14(23)12-6-28-30(26,27)29-12/h3-4,11-12,14,22-23H,5-6H2,1-2H3,(H,26,27)(H,20,24,25)/t11-,12+,14-/m0/s1. The van der Waals surface area contributed by atoms with Crippen LogP contribution in [0.5, 0.6) is 0 Å². The van der Waals surface area contributed by atoms with Crippen LogP contribution >= 0.6 is 7.82 Å². The number of aromatic nitrogens is 4. The molecule has 1 saturated heterocycles. The van der Waals surface area contributed by atoms with Crippen molar-refractivity contribution in [2.75, 3.05) is 6.61 Å². The number of aliphatic hydroxyl groups is 2. The predicted molar refractivity (Wildman–Crippen MR) is 103 cm³/mol. The van der Waals surface area contributed by atoms with Crippen LogP contribution in [0.2, 0.25) is 0 Å². The summed E-state index contributed by atoms with van der Waals surface area (Å²) in [6, 6.07) is 3.52. The van der Waals surface area contributed by atoms with Crippen molar-refractivity contribution in [3.05, 3.63) is 44.1 Å². The number of hydrogen-bond acceptors (Lipinski definition) is 9. The van der Waals surface area contributed by atoms with E-state index in [2.05, 4.69) is 19.5 Å². The summed E-state index contributed by atoms with van der Waals surface area (Å²) in [4.78, 5) is 43.6. The number of hydrogen-bond donors (Lipinski definition) is 4. The van der Waals surface area contributed by atoms with E-state index in [1.165, 1.54) is 4.57 Å². The third-order valence-corrected chi connectivity index (χ3v) is 6.05. The Bertz CT molecular complexity index is 1270. The first-order valence-corrected chi connectivity index (χ1v) is 10.5. The minimum absolute atomic E-state index is 0.0674. The first kappa shape index (κ1) is 20.8. The van der Waals surface area contributed by atoms with Gasteiger partial charge in [0.05, 0.1) is 24.2 Å². The van der Waals surface area contributed by atoms with Crippen LogP contribution in [0.4, 0.5) is 0 Å². The maximum absolute atomic E-state index is 12.3. The molecular formula is C17H19N4O8P. The Labute approximate surface area is 168 Å². The van der Waals surface area contributed by atoms with E-state index in [4.69, 9.17) is 4.52 Å². The largest absolute Gasteiger partial charge is 0.472 e. The monoisotopic (exact) mass is 438 g/mol. The maximum atomic E-state index is 12.3. The fourth-order valence-corrected chi connectivity index (χ4v) is 4.26. The molecule has 30 heavy (non-hydrogen) atoms. The van der Waals surface area contributed by atoms with E-state index in [0.29, 0.717) is 11.0 Å². The van der Waals surface area contributed by atoms with Crippen LogP contribution in [0.3, 0.4) is 0 Å². The molecule has 4 atom stereocenters. The molecule has 1 aromatic rings. The lowest BCUT2D eigenvalue weighted by Gasteiger charge is -2.25. The van der Waals surface area contributed by atoms with Gasteiger partial charge in [0.25, 0.3) is 5.56 Å². The second-order valence-corrected chi connectivity index (χ2v) is 8.56. The molecule has 0 amide bonds. The number of aliphatic hydroxyl groups excluding tert-OH is 2. The molecule has 0 radical (unpaired) electrons. The van der Waals surface area contributed by atoms with Crippen molar-refractivity contribution >= 4 is 18.9 Å². The molecule has 1 aromatic carbocycles. The van der Waals surface area contributed by atoms with E-state index in [-0.39, 0.29) is 24.7 Å². The van der Waals surface area contributed by atoms with Crippen molar-refractivity contribution < 1.29 is 28.7 Å². The molecular weight excluding hydrogens is 419 g/mol. The summed E-state index contributed by atoms with van der Waals surface area (Å²) in [5.74, 6) is -0.0674. The van der Waals surface area contributed by atoms with Crippen molar-refractivity contribution in [1.29, 1.82) is 0 Å². The lowest BCUT2D eigenvalue weighted by Crippen LogP contribution is -2.41. The Kier molecular flexibility index (Phi) is 5.09. The highest BCUT2D eigenvalue weighted by atomic mass is 31.2. The number of phosphoric ester groups is 1. The molecule has 160 valence electrons.